The molecule has 1 aromatic carbocycles. The van der Waals surface area contributed by atoms with Crippen molar-refractivity contribution in [2.45, 2.75) is 19.9 Å². The lowest BCUT2D eigenvalue weighted by Gasteiger charge is -2.09. The number of rotatable bonds is 5. The zero-order valence-corrected chi connectivity index (χ0v) is 12.8. The highest BCUT2D eigenvalue weighted by Gasteiger charge is 2.10. The van der Waals surface area contributed by atoms with Crippen molar-refractivity contribution in [3.8, 4) is 0 Å². The third-order valence-electron chi connectivity index (χ3n) is 2.73. The van der Waals surface area contributed by atoms with Crippen LogP contribution in [0.3, 0.4) is 0 Å². The van der Waals surface area contributed by atoms with Gasteiger partial charge in [0.1, 0.15) is 0 Å². The van der Waals surface area contributed by atoms with E-state index in [-0.39, 0.29) is 5.56 Å². The van der Waals surface area contributed by atoms with Gasteiger partial charge in [0.05, 0.1) is 11.3 Å². The number of hydrogen-bond donors (Lipinski definition) is 2. The Morgan fingerprint density at radius 2 is 2.05 bits per heavy atom. The molecule has 19 heavy (non-hydrogen) atoms. The lowest BCUT2D eigenvalue weighted by molar-refractivity contribution is 0.0698. The molecule has 0 aliphatic carbocycles. The van der Waals surface area contributed by atoms with Crippen LogP contribution in [0.4, 0.5) is 5.69 Å². The van der Waals surface area contributed by atoms with Crippen LogP contribution in [0, 0.1) is 0 Å². The number of aryl methyl sites for hydroxylation is 1. The van der Waals surface area contributed by atoms with Crippen molar-refractivity contribution in [3.05, 3.63) is 50.1 Å². The molecule has 0 atom stereocenters. The van der Waals surface area contributed by atoms with E-state index in [2.05, 4.69) is 40.3 Å². The standard InChI is InChI=1S/C14H14BrNO2S/c1-2-10-4-5-11(19-10)8-16-13-7-9(15)3-6-12(13)14(17)18/h3-7,16H,2,8H2,1H3,(H,17,18). The molecule has 0 saturated carbocycles. The summed E-state index contributed by atoms with van der Waals surface area (Å²) in [7, 11) is 0. The molecule has 1 aromatic heterocycles. The van der Waals surface area contributed by atoms with Gasteiger partial charge in [0.25, 0.3) is 0 Å². The predicted molar refractivity (Wildman–Crippen MR) is 82.1 cm³/mol. The van der Waals surface area contributed by atoms with Gasteiger partial charge in [-0.2, -0.15) is 0 Å². The lowest BCUT2D eigenvalue weighted by Crippen LogP contribution is -2.05. The molecular formula is C14H14BrNO2S. The summed E-state index contributed by atoms with van der Waals surface area (Å²) < 4.78 is 0.862. The minimum absolute atomic E-state index is 0.287. The molecule has 2 rings (SSSR count). The number of aromatic carboxylic acids is 1. The van der Waals surface area contributed by atoms with Gasteiger partial charge in [0, 0.05) is 20.8 Å². The van der Waals surface area contributed by atoms with Crippen LogP contribution in [0.25, 0.3) is 0 Å². The second kappa shape index (κ2) is 6.21. The fourth-order valence-electron chi connectivity index (χ4n) is 1.74. The fourth-order valence-corrected chi connectivity index (χ4v) is 3.00. The SMILES string of the molecule is CCc1ccc(CNc2cc(Br)ccc2C(=O)O)s1. The first kappa shape index (κ1) is 14.1. The average Bonchev–Trinajstić information content (AvgIpc) is 2.84. The van der Waals surface area contributed by atoms with Crippen LogP contribution in [-0.2, 0) is 13.0 Å². The zero-order chi connectivity index (χ0) is 13.8. The maximum atomic E-state index is 11.1. The highest BCUT2D eigenvalue weighted by molar-refractivity contribution is 9.10. The maximum absolute atomic E-state index is 11.1. The number of carbonyl (C=O) groups is 1. The van der Waals surface area contributed by atoms with Gasteiger partial charge < -0.3 is 10.4 Å². The van der Waals surface area contributed by atoms with Gasteiger partial charge in [-0.25, -0.2) is 4.79 Å². The molecule has 0 aliphatic heterocycles. The minimum Gasteiger partial charge on any atom is -0.478 e. The van der Waals surface area contributed by atoms with Crippen LogP contribution in [0.5, 0.6) is 0 Å². The highest BCUT2D eigenvalue weighted by atomic mass is 79.9. The molecule has 0 amide bonds. The summed E-state index contributed by atoms with van der Waals surface area (Å²) in [6, 6.07) is 9.31. The smallest absolute Gasteiger partial charge is 0.337 e. The van der Waals surface area contributed by atoms with Gasteiger partial charge in [0.2, 0.25) is 0 Å². The second-order valence-electron chi connectivity index (χ2n) is 4.07. The number of carboxylic acids is 1. The molecule has 5 heteroatoms. The molecule has 100 valence electrons. The molecule has 2 N–H and O–H groups in total. The minimum atomic E-state index is -0.921. The molecule has 3 nitrogen and oxygen atoms in total. The van der Waals surface area contributed by atoms with Crippen LogP contribution in [0.15, 0.2) is 34.8 Å². The van der Waals surface area contributed by atoms with Crippen molar-refractivity contribution < 1.29 is 9.90 Å². The molecule has 2 aromatic rings. The monoisotopic (exact) mass is 339 g/mol. The van der Waals surface area contributed by atoms with E-state index in [0.717, 1.165) is 10.9 Å². The van der Waals surface area contributed by atoms with Gasteiger partial charge >= 0.3 is 5.97 Å². The van der Waals surface area contributed by atoms with Gasteiger partial charge in [-0.3, -0.25) is 0 Å². The quantitative estimate of drug-likeness (QED) is 0.849. The van der Waals surface area contributed by atoms with E-state index in [1.807, 2.05) is 0 Å². The summed E-state index contributed by atoms with van der Waals surface area (Å²) in [5.41, 5.74) is 0.920. The van der Waals surface area contributed by atoms with E-state index in [0.29, 0.717) is 12.2 Å². The van der Waals surface area contributed by atoms with Crippen LogP contribution >= 0.6 is 27.3 Å². The van der Waals surface area contributed by atoms with Crippen molar-refractivity contribution >= 4 is 38.9 Å². The zero-order valence-electron chi connectivity index (χ0n) is 10.4. The number of hydrogen-bond acceptors (Lipinski definition) is 3. The number of nitrogens with one attached hydrogen (secondary N) is 1. The van der Waals surface area contributed by atoms with E-state index in [1.165, 1.54) is 9.75 Å². The number of carboxylic acid groups (broad SMARTS) is 1. The molecule has 0 unspecified atom stereocenters. The van der Waals surface area contributed by atoms with E-state index < -0.39 is 5.97 Å². The molecule has 0 saturated heterocycles. The first-order chi connectivity index (χ1) is 9.10. The Balaban J connectivity index is 2.14. The van der Waals surface area contributed by atoms with Crippen LogP contribution in [0.1, 0.15) is 27.0 Å². The van der Waals surface area contributed by atoms with Crippen molar-refractivity contribution in [2.24, 2.45) is 0 Å². The van der Waals surface area contributed by atoms with Crippen LogP contribution < -0.4 is 5.32 Å². The fraction of sp³-hybridized carbons (Fsp3) is 0.214. The van der Waals surface area contributed by atoms with Gasteiger partial charge in [-0.05, 0) is 36.8 Å². The van der Waals surface area contributed by atoms with Crippen molar-refractivity contribution in [1.29, 1.82) is 0 Å². The number of thiophene rings is 1. The molecule has 1 heterocycles. The summed E-state index contributed by atoms with van der Waals surface area (Å²) in [4.78, 5) is 13.7. The maximum Gasteiger partial charge on any atom is 0.337 e. The second-order valence-corrected chi connectivity index (χ2v) is 6.24. The average molecular weight is 340 g/mol. The van der Waals surface area contributed by atoms with Gasteiger partial charge in [-0.1, -0.05) is 22.9 Å². The van der Waals surface area contributed by atoms with Crippen molar-refractivity contribution in [1.82, 2.24) is 0 Å². The molecule has 0 bridgehead atoms. The van der Waals surface area contributed by atoms with Crippen LogP contribution in [0.2, 0.25) is 0 Å². The van der Waals surface area contributed by atoms with Crippen molar-refractivity contribution in [2.75, 3.05) is 5.32 Å². The van der Waals surface area contributed by atoms with E-state index in [9.17, 15) is 4.79 Å². The molecule has 0 spiro atoms. The molecule has 0 fully saturated rings. The third-order valence-corrected chi connectivity index (χ3v) is 4.45. The van der Waals surface area contributed by atoms with Gasteiger partial charge in [0.15, 0.2) is 0 Å². The first-order valence-electron chi connectivity index (χ1n) is 5.94. The summed E-state index contributed by atoms with van der Waals surface area (Å²) in [5, 5.41) is 12.3. The summed E-state index contributed by atoms with van der Waals surface area (Å²) in [6.45, 7) is 2.77. The Bertz CT molecular complexity index is 595. The number of halogens is 1. The Morgan fingerprint density at radius 3 is 2.68 bits per heavy atom. The van der Waals surface area contributed by atoms with E-state index >= 15 is 0 Å². The molecular weight excluding hydrogens is 326 g/mol. The molecule has 0 aliphatic rings. The Labute approximate surface area is 124 Å². The molecule has 0 radical (unpaired) electrons. The van der Waals surface area contributed by atoms with Crippen molar-refractivity contribution in [3.63, 3.8) is 0 Å². The number of anilines is 1. The predicted octanol–water partition coefficient (Wildman–Crippen LogP) is 4.38. The van der Waals surface area contributed by atoms with Crippen LogP contribution in [-0.4, -0.2) is 11.1 Å². The summed E-state index contributed by atoms with van der Waals surface area (Å²) >= 11 is 5.11. The summed E-state index contributed by atoms with van der Waals surface area (Å²) in [6.07, 6.45) is 1.03. The first-order valence-corrected chi connectivity index (χ1v) is 7.55. The highest BCUT2D eigenvalue weighted by Crippen LogP contribution is 2.24. The Kier molecular flexibility index (Phi) is 4.61. The van der Waals surface area contributed by atoms with E-state index in [1.54, 1.807) is 29.5 Å². The van der Waals surface area contributed by atoms with Gasteiger partial charge in [-0.15, -0.1) is 11.3 Å². The Morgan fingerprint density at radius 1 is 1.32 bits per heavy atom. The topological polar surface area (TPSA) is 49.3 Å². The largest absolute Gasteiger partial charge is 0.478 e. The van der Waals surface area contributed by atoms with E-state index in [4.69, 9.17) is 5.11 Å². The number of benzene rings is 1. The normalized spacial score (nSPS) is 10.4. The Hall–Kier alpha value is -1.33. The summed E-state index contributed by atoms with van der Waals surface area (Å²) in [5.74, 6) is -0.921. The lowest BCUT2D eigenvalue weighted by atomic mass is 10.2. The third kappa shape index (κ3) is 3.58.